The van der Waals surface area contributed by atoms with E-state index in [0.717, 1.165) is 37.1 Å². The number of hydrogen-bond donors (Lipinski definition) is 3. The quantitative estimate of drug-likeness (QED) is 0.548. The highest BCUT2D eigenvalue weighted by molar-refractivity contribution is 6.00. The van der Waals surface area contributed by atoms with Crippen LogP contribution in [0.4, 0.5) is 42.3 Å². The van der Waals surface area contributed by atoms with E-state index >= 15 is 0 Å². The van der Waals surface area contributed by atoms with Crippen LogP contribution in [0.15, 0.2) is 48.5 Å². The Kier molecular flexibility index (Phi) is 6.41. The number of benzene rings is 2. The monoisotopic (exact) mass is 440 g/mol. The fourth-order valence-corrected chi connectivity index (χ4v) is 3.27. The Morgan fingerprint density at radius 2 is 1.78 bits per heavy atom. The van der Waals surface area contributed by atoms with Crippen LogP contribution in [0.2, 0.25) is 0 Å². The Morgan fingerprint density at radius 3 is 2.59 bits per heavy atom. The van der Waals surface area contributed by atoms with Crippen molar-refractivity contribution < 1.29 is 18.3 Å². The third-order valence-electron chi connectivity index (χ3n) is 4.73. The van der Waals surface area contributed by atoms with Crippen molar-refractivity contribution in [2.45, 2.75) is 6.92 Å². The van der Waals surface area contributed by atoms with Crippen molar-refractivity contribution in [3.8, 4) is 0 Å². The summed E-state index contributed by atoms with van der Waals surface area (Å²) in [6.45, 7) is 4.65. The molecule has 0 atom stereocenters. The molecule has 8 nitrogen and oxygen atoms in total. The molecule has 32 heavy (non-hydrogen) atoms. The number of ether oxygens (including phenoxy) is 1. The van der Waals surface area contributed by atoms with Gasteiger partial charge in [0.2, 0.25) is 0 Å². The number of carbonyl (C=O) groups is 1. The van der Waals surface area contributed by atoms with Crippen molar-refractivity contribution in [1.29, 1.82) is 0 Å². The Morgan fingerprint density at radius 1 is 1.00 bits per heavy atom. The maximum Gasteiger partial charge on any atom is 0.323 e. The lowest BCUT2D eigenvalue weighted by molar-refractivity contribution is 0.122. The number of aromatic nitrogens is 2. The molecule has 2 heterocycles. The number of rotatable bonds is 5. The van der Waals surface area contributed by atoms with Gasteiger partial charge in [-0.2, -0.15) is 0 Å². The summed E-state index contributed by atoms with van der Waals surface area (Å²) in [5.74, 6) is 0.676. The number of carbonyl (C=O) groups excluding carboxylic acids is 1. The standard InChI is InChI=1S/C22H22F2N6O2/c1-14-25-20(13-21(26-14)30-7-9-32-10-8-30)27-16-3-2-4-17(12-16)28-22(31)29-19-11-15(23)5-6-18(19)24/h2-6,11-13H,7-10H2,1H3,(H,25,26,27)(H2,28,29,31). The molecule has 3 aromatic rings. The number of urea groups is 1. The maximum absolute atomic E-state index is 13.7. The van der Waals surface area contributed by atoms with Gasteiger partial charge in [-0.25, -0.2) is 23.5 Å². The van der Waals surface area contributed by atoms with E-state index < -0.39 is 17.7 Å². The average Bonchev–Trinajstić information content (AvgIpc) is 2.77. The first-order chi connectivity index (χ1) is 15.5. The van der Waals surface area contributed by atoms with Crippen molar-refractivity contribution in [3.05, 3.63) is 66.0 Å². The fraction of sp³-hybridized carbons (Fsp3) is 0.227. The van der Waals surface area contributed by atoms with E-state index in [0.29, 0.717) is 36.2 Å². The van der Waals surface area contributed by atoms with Crippen LogP contribution in [0, 0.1) is 18.6 Å². The lowest BCUT2D eigenvalue weighted by atomic mass is 10.2. The Balaban J connectivity index is 1.44. The van der Waals surface area contributed by atoms with Gasteiger partial charge in [-0.3, -0.25) is 0 Å². The normalized spacial score (nSPS) is 13.5. The summed E-state index contributed by atoms with van der Waals surface area (Å²) in [6.07, 6.45) is 0. The zero-order chi connectivity index (χ0) is 22.5. The maximum atomic E-state index is 13.7. The van der Waals surface area contributed by atoms with Gasteiger partial charge in [-0.1, -0.05) is 6.07 Å². The molecular weight excluding hydrogens is 418 g/mol. The van der Waals surface area contributed by atoms with E-state index in [1.807, 2.05) is 19.1 Å². The number of nitrogens with one attached hydrogen (secondary N) is 3. The fourth-order valence-electron chi connectivity index (χ4n) is 3.27. The third-order valence-corrected chi connectivity index (χ3v) is 4.73. The molecule has 3 N–H and O–H groups in total. The summed E-state index contributed by atoms with van der Waals surface area (Å²) < 4.78 is 32.4. The second-order valence-corrected chi connectivity index (χ2v) is 7.17. The Bertz CT molecular complexity index is 1120. The molecule has 0 unspecified atom stereocenters. The average molecular weight is 440 g/mol. The molecule has 0 aliphatic carbocycles. The van der Waals surface area contributed by atoms with Crippen LogP contribution in [0.1, 0.15) is 5.82 Å². The molecule has 1 aliphatic heterocycles. The molecule has 1 aliphatic rings. The lowest BCUT2D eigenvalue weighted by Gasteiger charge is -2.28. The van der Waals surface area contributed by atoms with Gasteiger partial charge >= 0.3 is 6.03 Å². The highest BCUT2D eigenvalue weighted by Gasteiger charge is 2.14. The number of halogens is 2. The molecule has 1 saturated heterocycles. The first-order valence-electron chi connectivity index (χ1n) is 10.0. The van der Waals surface area contributed by atoms with Crippen LogP contribution in [-0.4, -0.2) is 42.3 Å². The summed E-state index contributed by atoms with van der Waals surface area (Å²) in [7, 11) is 0. The first-order valence-corrected chi connectivity index (χ1v) is 10.0. The lowest BCUT2D eigenvalue weighted by Crippen LogP contribution is -2.36. The summed E-state index contributed by atoms with van der Waals surface area (Å²) in [5.41, 5.74) is 0.901. The Labute approximate surface area is 183 Å². The van der Waals surface area contributed by atoms with E-state index in [1.54, 1.807) is 18.2 Å². The van der Waals surface area contributed by atoms with Gasteiger partial charge in [0.15, 0.2) is 0 Å². The molecule has 10 heteroatoms. The van der Waals surface area contributed by atoms with E-state index in [9.17, 15) is 13.6 Å². The molecule has 2 amide bonds. The van der Waals surface area contributed by atoms with Crippen LogP contribution in [-0.2, 0) is 4.74 Å². The zero-order valence-electron chi connectivity index (χ0n) is 17.4. The van der Waals surface area contributed by atoms with Crippen molar-refractivity contribution in [3.63, 3.8) is 0 Å². The SMILES string of the molecule is Cc1nc(Nc2cccc(NC(=O)Nc3cc(F)ccc3F)c2)cc(N2CCOCC2)n1. The molecule has 166 valence electrons. The van der Waals surface area contributed by atoms with E-state index in [1.165, 1.54) is 0 Å². The number of aryl methyl sites for hydroxylation is 1. The minimum atomic E-state index is -0.729. The van der Waals surface area contributed by atoms with Crippen LogP contribution in [0.25, 0.3) is 0 Å². The topological polar surface area (TPSA) is 91.4 Å². The van der Waals surface area contributed by atoms with Gasteiger partial charge in [-0.05, 0) is 37.3 Å². The van der Waals surface area contributed by atoms with Gasteiger partial charge in [0.05, 0.1) is 18.9 Å². The predicted octanol–water partition coefficient (Wildman–Crippen LogP) is 4.29. The first kappa shape index (κ1) is 21.4. The van der Waals surface area contributed by atoms with Crippen molar-refractivity contribution in [2.75, 3.05) is 47.2 Å². The molecule has 0 spiro atoms. The summed E-state index contributed by atoms with van der Waals surface area (Å²) in [4.78, 5) is 23.3. The minimum Gasteiger partial charge on any atom is -0.378 e. The summed E-state index contributed by atoms with van der Waals surface area (Å²) in [5, 5.41) is 8.12. The summed E-state index contributed by atoms with van der Waals surface area (Å²) >= 11 is 0. The molecular formula is C22H22F2N6O2. The molecule has 4 rings (SSSR count). The molecule has 1 aromatic heterocycles. The third kappa shape index (κ3) is 5.46. The second-order valence-electron chi connectivity index (χ2n) is 7.17. The summed E-state index contributed by atoms with van der Waals surface area (Å²) in [6, 6.07) is 11.0. The van der Waals surface area contributed by atoms with Crippen LogP contribution < -0.4 is 20.9 Å². The van der Waals surface area contributed by atoms with E-state index in [4.69, 9.17) is 4.74 Å². The highest BCUT2D eigenvalue weighted by Crippen LogP contribution is 2.23. The van der Waals surface area contributed by atoms with Crippen molar-refractivity contribution in [1.82, 2.24) is 9.97 Å². The largest absolute Gasteiger partial charge is 0.378 e. The second kappa shape index (κ2) is 9.56. The minimum absolute atomic E-state index is 0.246. The van der Waals surface area contributed by atoms with Gasteiger partial charge in [0.1, 0.15) is 29.1 Å². The highest BCUT2D eigenvalue weighted by atomic mass is 19.1. The van der Waals surface area contributed by atoms with Gasteiger partial charge in [0, 0.05) is 36.6 Å². The van der Waals surface area contributed by atoms with Crippen LogP contribution in [0.5, 0.6) is 0 Å². The zero-order valence-corrected chi connectivity index (χ0v) is 17.4. The molecule has 1 fully saturated rings. The van der Waals surface area contributed by atoms with E-state index in [-0.39, 0.29) is 5.69 Å². The van der Waals surface area contributed by atoms with Crippen LogP contribution in [0.3, 0.4) is 0 Å². The van der Waals surface area contributed by atoms with Gasteiger partial charge < -0.3 is 25.6 Å². The number of morpholine rings is 1. The van der Waals surface area contributed by atoms with Crippen LogP contribution >= 0.6 is 0 Å². The van der Waals surface area contributed by atoms with Gasteiger partial charge in [-0.15, -0.1) is 0 Å². The van der Waals surface area contributed by atoms with Crippen molar-refractivity contribution >= 4 is 34.7 Å². The van der Waals surface area contributed by atoms with E-state index in [2.05, 4.69) is 30.8 Å². The smallest absolute Gasteiger partial charge is 0.323 e. The Hall–Kier alpha value is -3.79. The molecule has 0 bridgehead atoms. The van der Waals surface area contributed by atoms with Gasteiger partial charge in [0.25, 0.3) is 0 Å². The molecule has 2 aromatic carbocycles. The molecule has 0 saturated carbocycles. The number of hydrogen-bond acceptors (Lipinski definition) is 6. The van der Waals surface area contributed by atoms with Crippen molar-refractivity contribution in [2.24, 2.45) is 0 Å². The number of nitrogens with zero attached hydrogens (tertiary/aromatic N) is 3. The molecule has 0 radical (unpaired) electrons. The predicted molar refractivity (Wildman–Crippen MR) is 119 cm³/mol. The number of amides is 2. The number of anilines is 5.